The van der Waals surface area contributed by atoms with Gasteiger partial charge >= 0.3 is 6.03 Å². The minimum atomic E-state index is -0.735. The molecule has 40 heavy (non-hydrogen) atoms. The van der Waals surface area contributed by atoms with Gasteiger partial charge in [-0.15, -0.1) is 0 Å². The minimum absolute atomic E-state index is 0.0619. The lowest BCUT2D eigenvalue weighted by Gasteiger charge is -2.30. The fourth-order valence-electron chi connectivity index (χ4n) is 4.29. The molecule has 0 saturated carbocycles. The van der Waals surface area contributed by atoms with Gasteiger partial charge in [-0.3, -0.25) is 19.2 Å². The number of hydrogen-bond donors (Lipinski definition) is 5. The third-order valence-corrected chi connectivity index (χ3v) is 6.10. The predicted octanol–water partition coefficient (Wildman–Crippen LogP) is 2.46. The molecule has 1 unspecified atom stereocenters. The van der Waals surface area contributed by atoms with Crippen molar-refractivity contribution in [2.24, 2.45) is 17.1 Å². The Balaban J connectivity index is 4.44. The lowest BCUT2D eigenvalue weighted by atomic mass is 9.61. The van der Waals surface area contributed by atoms with Crippen LogP contribution in [0, 0.1) is 11.3 Å². The number of nitrogens with one attached hydrogen (secondary N) is 4. The number of hydrogen-bond acceptors (Lipinski definition) is 5. The number of primary amides is 1. The van der Waals surface area contributed by atoms with Gasteiger partial charge in [0.2, 0.25) is 17.7 Å². The number of carbonyl (C=O) groups is 5. The summed E-state index contributed by atoms with van der Waals surface area (Å²) in [6.07, 6.45) is 4.16. The summed E-state index contributed by atoms with van der Waals surface area (Å²) in [5, 5.41) is 9.74. The molecule has 0 aliphatic heterocycles. The van der Waals surface area contributed by atoms with Gasteiger partial charge in [-0.2, -0.15) is 0 Å². The van der Waals surface area contributed by atoms with Gasteiger partial charge in [0.05, 0.1) is 28.3 Å². The lowest BCUT2D eigenvalue weighted by Crippen LogP contribution is -2.49. The second-order valence-corrected chi connectivity index (χ2v) is 13.1. The Labute approximate surface area is 243 Å². The number of carbonyl (C=O) groups excluding carboxylic acids is 5. The van der Waals surface area contributed by atoms with E-state index in [0.29, 0.717) is 45.1 Å². The molecule has 5 amide bonds. The average molecular weight is 559 g/mol. The third kappa shape index (κ3) is 19.5. The first-order chi connectivity index (χ1) is 18.2. The molecule has 6 N–H and O–H groups in total. The van der Waals surface area contributed by atoms with Crippen molar-refractivity contribution in [1.29, 1.82) is 0 Å². The van der Waals surface area contributed by atoms with Crippen LogP contribution in [0.4, 0.5) is 4.79 Å². The summed E-state index contributed by atoms with van der Waals surface area (Å²) in [4.78, 5) is 60.9. The summed E-state index contributed by atoms with van der Waals surface area (Å²) in [6, 6.07) is -1.39. The van der Waals surface area contributed by atoms with E-state index >= 15 is 0 Å². The standard InChI is InChI=1S/C28H51B2N5O5/c1-26(2,3)23(38)20(12-11-15-33-25(31)40)35-22(37)18-34-21(36)13-9-8-10-14-32-24(39)19(16-27(4,5)29)17-28(6,7)30/h19-20H,8-18H2,1-7H3,(H,32,39)(H,34,36)(H,35,37)(H3,31,33,40). The zero-order valence-corrected chi connectivity index (χ0v) is 25.7. The van der Waals surface area contributed by atoms with Crippen molar-refractivity contribution in [3.8, 4) is 0 Å². The molecular formula is C28H51B2N5O5. The second kappa shape index (κ2) is 17.3. The molecule has 0 aromatic carbocycles. The van der Waals surface area contributed by atoms with E-state index in [1.165, 1.54) is 0 Å². The number of Topliss-reactive ketones (excluding diaryl/α,β-unsaturated/α-hetero) is 1. The van der Waals surface area contributed by atoms with Crippen LogP contribution < -0.4 is 27.0 Å². The monoisotopic (exact) mass is 559 g/mol. The molecular weight excluding hydrogens is 508 g/mol. The van der Waals surface area contributed by atoms with E-state index < -0.39 is 34.0 Å². The molecule has 0 bridgehead atoms. The Bertz CT molecular complexity index is 831. The van der Waals surface area contributed by atoms with Gasteiger partial charge in [-0.05, 0) is 38.5 Å². The second-order valence-electron chi connectivity index (χ2n) is 13.1. The van der Waals surface area contributed by atoms with E-state index in [2.05, 4.69) is 21.3 Å². The Morgan fingerprint density at radius 3 is 1.77 bits per heavy atom. The highest BCUT2D eigenvalue weighted by molar-refractivity contribution is 6.15. The summed E-state index contributed by atoms with van der Waals surface area (Å²) in [6.45, 7) is 13.4. The summed E-state index contributed by atoms with van der Waals surface area (Å²) in [5.41, 5.74) is 4.39. The Morgan fingerprint density at radius 1 is 0.725 bits per heavy atom. The quantitative estimate of drug-likeness (QED) is 0.121. The van der Waals surface area contributed by atoms with E-state index in [1.54, 1.807) is 20.8 Å². The third-order valence-electron chi connectivity index (χ3n) is 6.10. The van der Waals surface area contributed by atoms with Gasteiger partial charge in [-0.25, -0.2) is 4.79 Å². The summed E-state index contributed by atoms with van der Waals surface area (Å²) in [5.74, 6) is -1.20. The van der Waals surface area contributed by atoms with Crippen molar-refractivity contribution in [1.82, 2.24) is 21.3 Å². The molecule has 4 radical (unpaired) electrons. The van der Waals surface area contributed by atoms with Crippen molar-refractivity contribution in [2.45, 2.75) is 117 Å². The molecule has 0 aromatic heterocycles. The van der Waals surface area contributed by atoms with Gasteiger partial charge in [0.25, 0.3) is 0 Å². The number of urea groups is 1. The molecule has 12 heteroatoms. The van der Waals surface area contributed by atoms with Crippen molar-refractivity contribution in [2.75, 3.05) is 19.6 Å². The topological polar surface area (TPSA) is 159 Å². The van der Waals surface area contributed by atoms with Gasteiger partial charge in [0.1, 0.15) is 0 Å². The van der Waals surface area contributed by atoms with Crippen molar-refractivity contribution in [3.63, 3.8) is 0 Å². The number of ketones is 1. The molecule has 0 aromatic rings. The molecule has 0 heterocycles. The maximum absolute atomic E-state index is 12.7. The molecule has 10 nitrogen and oxygen atoms in total. The first-order valence-corrected chi connectivity index (χ1v) is 14.2. The zero-order valence-electron chi connectivity index (χ0n) is 25.7. The number of unbranched alkanes of at least 4 members (excludes halogenated alkanes) is 2. The van der Waals surface area contributed by atoms with Crippen LogP contribution in [0.1, 0.15) is 99.8 Å². The number of rotatable bonds is 19. The van der Waals surface area contributed by atoms with Crippen LogP contribution in [-0.4, -0.2) is 70.9 Å². The lowest BCUT2D eigenvalue weighted by molar-refractivity contribution is -0.132. The predicted molar refractivity (Wildman–Crippen MR) is 160 cm³/mol. The SMILES string of the molecule is [B]C(C)(C)CC(CC([B])(C)C)C(=O)NCCCCCC(=O)NCC(=O)NC(CCCNC(N)=O)C(=O)C(C)(C)C. The number of amides is 5. The van der Waals surface area contributed by atoms with Gasteiger partial charge in [0.15, 0.2) is 5.78 Å². The van der Waals surface area contributed by atoms with Crippen LogP contribution >= 0.6 is 0 Å². The van der Waals surface area contributed by atoms with E-state index in [1.807, 2.05) is 27.7 Å². The zero-order chi connectivity index (χ0) is 31.1. The highest BCUT2D eigenvalue weighted by Crippen LogP contribution is 2.37. The smallest absolute Gasteiger partial charge is 0.312 e. The van der Waals surface area contributed by atoms with Crippen LogP contribution in [0.2, 0.25) is 10.6 Å². The van der Waals surface area contributed by atoms with Crippen LogP contribution in [0.5, 0.6) is 0 Å². The minimum Gasteiger partial charge on any atom is -0.356 e. The van der Waals surface area contributed by atoms with Crippen LogP contribution in [0.25, 0.3) is 0 Å². The molecule has 0 rings (SSSR count). The highest BCUT2D eigenvalue weighted by Gasteiger charge is 2.31. The Morgan fingerprint density at radius 2 is 1.27 bits per heavy atom. The van der Waals surface area contributed by atoms with Crippen LogP contribution in [0.15, 0.2) is 0 Å². The summed E-state index contributed by atoms with van der Waals surface area (Å²) < 4.78 is 0. The molecule has 0 aliphatic carbocycles. The molecule has 224 valence electrons. The van der Waals surface area contributed by atoms with Crippen molar-refractivity contribution in [3.05, 3.63) is 0 Å². The van der Waals surface area contributed by atoms with Gasteiger partial charge in [0, 0.05) is 30.8 Å². The maximum atomic E-state index is 12.7. The largest absolute Gasteiger partial charge is 0.356 e. The van der Waals surface area contributed by atoms with E-state index in [-0.39, 0.29) is 43.0 Å². The fraction of sp³-hybridized carbons (Fsp3) is 0.821. The van der Waals surface area contributed by atoms with Gasteiger partial charge in [-0.1, -0.05) is 65.5 Å². The molecule has 0 spiro atoms. The summed E-state index contributed by atoms with van der Waals surface area (Å²) in [7, 11) is 12.3. The maximum Gasteiger partial charge on any atom is 0.312 e. The van der Waals surface area contributed by atoms with E-state index in [0.717, 1.165) is 6.42 Å². The van der Waals surface area contributed by atoms with Crippen LogP contribution in [0.3, 0.4) is 0 Å². The normalized spacial score (nSPS) is 12.9. The molecule has 0 saturated heterocycles. The first kappa shape index (κ1) is 37.5. The summed E-state index contributed by atoms with van der Waals surface area (Å²) >= 11 is 0. The molecule has 1 atom stereocenters. The molecule has 0 aliphatic rings. The van der Waals surface area contributed by atoms with Crippen LogP contribution in [-0.2, 0) is 19.2 Å². The fourth-order valence-corrected chi connectivity index (χ4v) is 4.29. The average Bonchev–Trinajstić information content (AvgIpc) is 2.78. The van der Waals surface area contributed by atoms with E-state index in [9.17, 15) is 24.0 Å². The number of nitrogens with two attached hydrogens (primary N) is 1. The van der Waals surface area contributed by atoms with E-state index in [4.69, 9.17) is 21.4 Å². The van der Waals surface area contributed by atoms with Crippen molar-refractivity contribution >= 4 is 45.2 Å². The highest BCUT2D eigenvalue weighted by atomic mass is 16.2. The Hall–Kier alpha value is -2.52. The van der Waals surface area contributed by atoms with Gasteiger partial charge < -0.3 is 27.0 Å². The Kier molecular flexibility index (Phi) is 16.2. The molecule has 0 fully saturated rings. The van der Waals surface area contributed by atoms with Crippen molar-refractivity contribution < 1.29 is 24.0 Å². The first-order valence-electron chi connectivity index (χ1n) is 14.2.